The van der Waals surface area contributed by atoms with Crippen LogP contribution in [0.5, 0.6) is 0 Å². The zero-order valence-corrected chi connectivity index (χ0v) is 13.8. The van der Waals surface area contributed by atoms with E-state index in [0.717, 1.165) is 31.8 Å². The Balaban J connectivity index is 2.54. The normalized spacial score (nSPS) is 11.7. The van der Waals surface area contributed by atoms with E-state index in [1.807, 2.05) is 11.5 Å². The number of rotatable bonds is 7. The van der Waals surface area contributed by atoms with Crippen molar-refractivity contribution in [1.82, 2.24) is 24.0 Å². The van der Waals surface area contributed by atoms with Crippen molar-refractivity contribution < 1.29 is 0 Å². The zero-order valence-electron chi connectivity index (χ0n) is 13.8. The van der Waals surface area contributed by atoms with Crippen LogP contribution < -0.4 is 11.2 Å². The monoisotopic (exact) mass is 307 g/mol. The molecule has 2 heterocycles. The predicted molar refractivity (Wildman–Crippen MR) is 87.1 cm³/mol. The second-order valence-corrected chi connectivity index (χ2v) is 5.54. The number of H-pyrrole nitrogens is 1. The van der Waals surface area contributed by atoms with Gasteiger partial charge in [-0.1, -0.05) is 13.8 Å². The molecule has 22 heavy (non-hydrogen) atoms. The molecule has 2 aromatic rings. The molecule has 1 N–H and O–H groups in total. The minimum absolute atomic E-state index is 0.365. The lowest BCUT2D eigenvalue weighted by atomic mass is 10.3. The highest BCUT2D eigenvalue weighted by molar-refractivity contribution is 5.70. The van der Waals surface area contributed by atoms with E-state index >= 15 is 0 Å². The zero-order chi connectivity index (χ0) is 16.3. The van der Waals surface area contributed by atoms with Crippen LogP contribution in [-0.4, -0.2) is 37.1 Å². The van der Waals surface area contributed by atoms with Crippen molar-refractivity contribution in [1.29, 1.82) is 0 Å². The van der Waals surface area contributed by atoms with Crippen LogP contribution in [0.2, 0.25) is 0 Å². The summed E-state index contributed by atoms with van der Waals surface area (Å²) in [6.45, 7) is 9.63. The molecule has 0 fully saturated rings. The van der Waals surface area contributed by atoms with Crippen LogP contribution in [0.15, 0.2) is 9.59 Å². The van der Waals surface area contributed by atoms with E-state index in [2.05, 4.69) is 28.7 Å². The van der Waals surface area contributed by atoms with Crippen LogP contribution in [-0.2, 0) is 20.1 Å². The summed E-state index contributed by atoms with van der Waals surface area (Å²) in [6.07, 6.45) is 2.15. The molecule has 122 valence electrons. The molecule has 7 nitrogen and oxygen atoms in total. The number of imidazole rings is 1. The summed E-state index contributed by atoms with van der Waals surface area (Å²) in [4.78, 5) is 33.1. The largest absolute Gasteiger partial charge is 0.329 e. The number of nitrogens with zero attached hydrogens (tertiary/aromatic N) is 4. The smallest absolute Gasteiger partial charge is 0.321 e. The molecule has 0 radical (unpaired) electrons. The van der Waals surface area contributed by atoms with Crippen molar-refractivity contribution in [2.45, 2.75) is 46.7 Å². The van der Waals surface area contributed by atoms with Crippen LogP contribution >= 0.6 is 0 Å². The summed E-state index contributed by atoms with van der Waals surface area (Å²) >= 11 is 0. The highest BCUT2D eigenvalue weighted by Gasteiger charge is 2.17. The fourth-order valence-corrected chi connectivity index (χ4v) is 2.84. The molecule has 0 amide bonds. The van der Waals surface area contributed by atoms with E-state index in [4.69, 9.17) is 0 Å². The number of aromatic amines is 1. The number of hydrogen-bond donors (Lipinski definition) is 1. The third-order valence-corrected chi connectivity index (χ3v) is 3.85. The lowest BCUT2D eigenvalue weighted by Gasteiger charge is -2.20. The van der Waals surface area contributed by atoms with Crippen LogP contribution in [0.4, 0.5) is 0 Å². The second kappa shape index (κ2) is 6.91. The molecule has 2 rings (SSSR count). The third kappa shape index (κ3) is 2.99. The van der Waals surface area contributed by atoms with Crippen molar-refractivity contribution in [3.63, 3.8) is 0 Å². The maximum Gasteiger partial charge on any atom is 0.329 e. The topological polar surface area (TPSA) is 75.9 Å². The summed E-state index contributed by atoms with van der Waals surface area (Å²) in [5.74, 6) is 0.839. The molecule has 0 aromatic carbocycles. The molecule has 0 aliphatic heterocycles. The predicted octanol–water partition coefficient (Wildman–Crippen LogP) is 1.07. The van der Waals surface area contributed by atoms with E-state index in [-0.39, 0.29) is 5.56 Å². The molecule has 0 atom stereocenters. The molecular weight excluding hydrogens is 282 g/mol. The Morgan fingerprint density at radius 1 is 1.14 bits per heavy atom. The Bertz CT molecular complexity index is 750. The Labute approximate surface area is 129 Å². The first-order valence-corrected chi connectivity index (χ1v) is 7.94. The Kier molecular flexibility index (Phi) is 5.18. The number of hydrogen-bond acceptors (Lipinski definition) is 4. The lowest BCUT2D eigenvalue weighted by molar-refractivity contribution is 0.257. The Morgan fingerprint density at radius 2 is 1.77 bits per heavy atom. The number of aromatic nitrogens is 4. The van der Waals surface area contributed by atoms with Crippen molar-refractivity contribution >= 4 is 11.2 Å². The van der Waals surface area contributed by atoms with Gasteiger partial charge in [0.15, 0.2) is 11.2 Å². The van der Waals surface area contributed by atoms with Crippen LogP contribution in [0.25, 0.3) is 11.2 Å². The van der Waals surface area contributed by atoms with Crippen molar-refractivity contribution in [3.05, 3.63) is 26.7 Å². The first-order valence-electron chi connectivity index (χ1n) is 7.94. The minimum Gasteiger partial charge on any atom is -0.321 e. The third-order valence-electron chi connectivity index (χ3n) is 3.85. The van der Waals surface area contributed by atoms with Gasteiger partial charge in [-0.25, -0.2) is 9.78 Å². The second-order valence-electron chi connectivity index (χ2n) is 5.54. The van der Waals surface area contributed by atoms with Gasteiger partial charge >= 0.3 is 5.69 Å². The SMILES string of the molecule is CCCN(CCC)Cc1nc2c(c(=O)[nH]c(=O)n2C)n1CC. The summed E-state index contributed by atoms with van der Waals surface area (Å²) in [7, 11) is 1.63. The standard InChI is InChI=1S/C15H25N5O2/c1-5-8-19(9-6-2)10-11-16-13-12(20(11)7-3)14(21)17-15(22)18(13)4/h5-10H2,1-4H3,(H,17,21,22). The fourth-order valence-electron chi connectivity index (χ4n) is 2.84. The van der Waals surface area contributed by atoms with Gasteiger partial charge < -0.3 is 4.57 Å². The van der Waals surface area contributed by atoms with Gasteiger partial charge in [-0.15, -0.1) is 0 Å². The maximum atomic E-state index is 12.1. The maximum absolute atomic E-state index is 12.1. The van der Waals surface area contributed by atoms with Crippen LogP contribution in [0.1, 0.15) is 39.4 Å². The highest BCUT2D eigenvalue weighted by Crippen LogP contribution is 2.13. The fraction of sp³-hybridized carbons (Fsp3) is 0.667. The average molecular weight is 307 g/mol. The molecule has 0 saturated heterocycles. The first kappa shape index (κ1) is 16.5. The first-order chi connectivity index (χ1) is 10.5. The van der Waals surface area contributed by atoms with Gasteiger partial charge in [0.1, 0.15) is 5.82 Å². The quantitative estimate of drug-likeness (QED) is 0.830. The van der Waals surface area contributed by atoms with Gasteiger partial charge in [0.05, 0.1) is 6.54 Å². The van der Waals surface area contributed by atoms with Crippen molar-refractivity contribution in [2.24, 2.45) is 7.05 Å². The highest BCUT2D eigenvalue weighted by atomic mass is 16.2. The summed E-state index contributed by atoms with van der Waals surface area (Å²) in [6, 6.07) is 0. The van der Waals surface area contributed by atoms with Crippen molar-refractivity contribution in [3.8, 4) is 0 Å². The molecule has 0 spiro atoms. The average Bonchev–Trinajstić information content (AvgIpc) is 2.84. The molecule has 7 heteroatoms. The van der Waals surface area contributed by atoms with Crippen molar-refractivity contribution in [2.75, 3.05) is 13.1 Å². The summed E-state index contributed by atoms with van der Waals surface area (Å²) in [5, 5.41) is 0. The van der Waals surface area contributed by atoms with Crippen LogP contribution in [0, 0.1) is 0 Å². The van der Waals surface area contributed by atoms with Gasteiger partial charge in [0, 0.05) is 13.6 Å². The molecule has 2 aromatic heterocycles. The number of aryl methyl sites for hydroxylation is 2. The number of fused-ring (bicyclic) bond motifs is 1. The van der Waals surface area contributed by atoms with E-state index in [1.54, 1.807) is 7.05 Å². The van der Waals surface area contributed by atoms with E-state index in [1.165, 1.54) is 4.57 Å². The molecular formula is C15H25N5O2. The Hall–Kier alpha value is -1.89. The van der Waals surface area contributed by atoms with Gasteiger partial charge in [-0.3, -0.25) is 19.2 Å². The number of nitrogens with one attached hydrogen (secondary N) is 1. The summed E-state index contributed by atoms with van der Waals surface area (Å²) in [5.41, 5.74) is 0.145. The minimum atomic E-state index is -0.427. The van der Waals surface area contributed by atoms with Gasteiger partial charge in [0.25, 0.3) is 5.56 Å². The summed E-state index contributed by atoms with van der Waals surface area (Å²) < 4.78 is 3.31. The molecule has 0 bridgehead atoms. The van der Waals surface area contributed by atoms with E-state index in [0.29, 0.717) is 24.3 Å². The molecule has 0 aliphatic rings. The lowest BCUT2D eigenvalue weighted by Crippen LogP contribution is -2.29. The van der Waals surface area contributed by atoms with Crippen LogP contribution in [0.3, 0.4) is 0 Å². The van der Waals surface area contributed by atoms with Gasteiger partial charge in [-0.05, 0) is 32.9 Å². The molecule has 0 unspecified atom stereocenters. The van der Waals surface area contributed by atoms with E-state index < -0.39 is 5.69 Å². The van der Waals surface area contributed by atoms with Gasteiger partial charge in [0.2, 0.25) is 0 Å². The van der Waals surface area contributed by atoms with E-state index in [9.17, 15) is 9.59 Å². The van der Waals surface area contributed by atoms with Gasteiger partial charge in [-0.2, -0.15) is 0 Å². The Morgan fingerprint density at radius 3 is 2.32 bits per heavy atom. The molecule has 0 saturated carbocycles. The molecule has 0 aliphatic carbocycles.